The highest BCUT2D eigenvalue weighted by Crippen LogP contribution is 2.47. The molecule has 7 heteroatoms. The molecule has 0 bridgehead atoms. The molecule has 0 aromatic heterocycles. The summed E-state index contributed by atoms with van der Waals surface area (Å²) in [7, 11) is -3.18. The molecule has 26 heavy (non-hydrogen) atoms. The molecule has 0 radical (unpaired) electrons. The van der Waals surface area contributed by atoms with Crippen molar-refractivity contribution in [1.82, 2.24) is 0 Å². The van der Waals surface area contributed by atoms with Crippen molar-refractivity contribution in [3.8, 4) is 11.5 Å². The molecule has 0 unspecified atom stereocenters. The summed E-state index contributed by atoms with van der Waals surface area (Å²) >= 11 is 0. The molecule has 142 valence electrons. The van der Waals surface area contributed by atoms with Gasteiger partial charge in [-0.05, 0) is 37.8 Å². The molecule has 1 aromatic rings. The topological polar surface area (TPSA) is 81.7 Å². The first-order chi connectivity index (χ1) is 12.5. The molecule has 1 spiro atoms. The maximum Gasteiger partial charge on any atom is 0.251 e. The van der Waals surface area contributed by atoms with Crippen LogP contribution in [0, 0.1) is 0 Å². The van der Waals surface area contributed by atoms with E-state index in [-0.39, 0.29) is 23.3 Å². The van der Waals surface area contributed by atoms with Crippen molar-refractivity contribution in [2.75, 3.05) is 11.1 Å². The Morgan fingerprint density at radius 2 is 1.77 bits per heavy atom. The van der Waals surface area contributed by atoms with Crippen molar-refractivity contribution in [3.63, 3.8) is 0 Å². The molecule has 1 N–H and O–H groups in total. The molecule has 2 saturated carbocycles. The van der Waals surface area contributed by atoms with Gasteiger partial charge in [-0.25, -0.2) is 8.42 Å². The molecule has 4 rings (SSSR count). The number of fused-ring (bicyclic) bond motifs is 1. The van der Waals surface area contributed by atoms with Crippen LogP contribution in [-0.4, -0.2) is 31.1 Å². The van der Waals surface area contributed by atoms with Gasteiger partial charge in [0.05, 0.1) is 11.0 Å². The Labute approximate surface area is 154 Å². The molecule has 0 saturated heterocycles. The van der Waals surface area contributed by atoms with Crippen molar-refractivity contribution in [3.05, 3.63) is 18.2 Å². The molecular formula is C19H25NO5S. The first kappa shape index (κ1) is 17.6. The zero-order valence-electron chi connectivity index (χ0n) is 14.8. The Morgan fingerprint density at radius 1 is 1.08 bits per heavy atom. The summed E-state index contributed by atoms with van der Waals surface area (Å²) in [6, 6.07) is 5.32. The van der Waals surface area contributed by atoms with Crippen LogP contribution in [0.3, 0.4) is 0 Å². The third-order valence-corrected chi connectivity index (χ3v) is 7.87. The van der Waals surface area contributed by atoms with Gasteiger partial charge in [0.15, 0.2) is 21.3 Å². The number of hydrogen-bond donors (Lipinski definition) is 1. The fourth-order valence-corrected chi connectivity index (χ4v) is 6.02. The fourth-order valence-electron chi connectivity index (χ4n) is 4.16. The van der Waals surface area contributed by atoms with Crippen molar-refractivity contribution >= 4 is 21.4 Å². The van der Waals surface area contributed by atoms with Gasteiger partial charge in [-0.2, -0.15) is 0 Å². The van der Waals surface area contributed by atoms with Gasteiger partial charge in [-0.1, -0.05) is 12.8 Å². The largest absolute Gasteiger partial charge is 0.448 e. The van der Waals surface area contributed by atoms with E-state index in [1.165, 1.54) is 0 Å². The second-order valence-corrected chi connectivity index (χ2v) is 9.96. The van der Waals surface area contributed by atoms with E-state index < -0.39 is 15.6 Å². The molecule has 1 amide bonds. The van der Waals surface area contributed by atoms with E-state index in [4.69, 9.17) is 9.47 Å². The second-order valence-electron chi connectivity index (χ2n) is 7.56. The highest BCUT2D eigenvalue weighted by molar-refractivity contribution is 7.92. The number of sulfone groups is 1. The minimum Gasteiger partial charge on any atom is -0.448 e. The zero-order valence-corrected chi connectivity index (χ0v) is 15.6. The first-order valence-corrected chi connectivity index (χ1v) is 11.2. The molecular weight excluding hydrogens is 354 g/mol. The average molecular weight is 379 g/mol. The number of rotatable bonds is 5. The lowest BCUT2D eigenvalue weighted by Crippen LogP contribution is -2.34. The number of hydrogen-bond acceptors (Lipinski definition) is 5. The zero-order chi connectivity index (χ0) is 18.2. The molecule has 0 atom stereocenters. The normalized spacial score (nSPS) is 21.4. The van der Waals surface area contributed by atoms with E-state index in [1.54, 1.807) is 18.2 Å². The van der Waals surface area contributed by atoms with Gasteiger partial charge in [0, 0.05) is 31.0 Å². The van der Waals surface area contributed by atoms with Crippen molar-refractivity contribution < 1.29 is 22.7 Å². The lowest BCUT2D eigenvalue weighted by atomic mass is 10.2. The Hall–Kier alpha value is -1.76. The summed E-state index contributed by atoms with van der Waals surface area (Å²) < 4.78 is 36.5. The standard InChI is InChI=1S/C19H25NO5S/c21-18(9-12-26(22,23)15-5-1-2-6-15)20-14-7-8-16-17(13-14)25-19(24-16)10-3-4-11-19/h7-8,13,15H,1-6,9-12H2,(H,20,21). The van der Waals surface area contributed by atoms with Gasteiger partial charge in [-0.15, -0.1) is 0 Å². The summed E-state index contributed by atoms with van der Waals surface area (Å²) in [6.07, 6.45) is 7.31. The third-order valence-electron chi connectivity index (χ3n) is 5.61. The Balaban J connectivity index is 1.34. The first-order valence-electron chi connectivity index (χ1n) is 9.49. The van der Waals surface area contributed by atoms with E-state index in [2.05, 4.69) is 5.32 Å². The SMILES string of the molecule is O=C(CCS(=O)(=O)C1CCCC1)Nc1ccc2c(c1)OC1(CCCC1)O2. The number of benzene rings is 1. The molecule has 2 fully saturated rings. The number of ether oxygens (including phenoxy) is 2. The van der Waals surface area contributed by atoms with Gasteiger partial charge in [0.2, 0.25) is 5.91 Å². The van der Waals surface area contributed by atoms with Gasteiger partial charge in [0.1, 0.15) is 0 Å². The van der Waals surface area contributed by atoms with Crippen LogP contribution in [0.5, 0.6) is 11.5 Å². The monoisotopic (exact) mass is 379 g/mol. The van der Waals surface area contributed by atoms with Gasteiger partial charge in [-0.3, -0.25) is 4.79 Å². The number of amides is 1. The lowest BCUT2D eigenvalue weighted by Gasteiger charge is -2.21. The van der Waals surface area contributed by atoms with Crippen LogP contribution in [0.4, 0.5) is 5.69 Å². The summed E-state index contributed by atoms with van der Waals surface area (Å²) in [6.45, 7) is 0. The minimum absolute atomic E-state index is 0.0167. The number of carbonyl (C=O) groups is 1. The minimum atomic E-state index is -3.18. The number of nitrogens with one attached hydrogen (secondary N) is 1. The second kappa shape index (κ2) is 6.76. The van der Waals surface area contributed by atoms with E-state index >= 15 is 0 Å². The number of anilines is 1. The van der Waals surface area contributed by atoms with Crippen molar-refractivity contribution in [2.45, 2.75) is 68.8 Å². The summed E-state index contributed by atoms with van der Waals surface area (Å²) in [5.41, 5.74) is 0.602. The maximum atomic E-state index is 12.3. The smallest absolute Gasteiger partial charge is 0.251 e. The predicted octanol–water partition coefficient (Wildman–Crippen LogP) is 3.41. The van der Waals surface area contributed by atoms with E-state index in [0.29, 0.717) is 17.2 Å². The third kappa shape index (κ3) is 3.54. The summed E-state index contributed by atoms with van der Waals surface area (Å²) in [4.78, 5) is 12.2. The van der Waals surface area contributed by atoms with Crippen molar-refractivity contribution in [2.24, 2.45) is 0 Å². The maximum absolute atomic E-state index is 12.3. The van der Waals surface area contributed by atoms with Crippen molar-refractivity contribution in [1.29, 1.82) is 0 Å². The number of carbonyl (C=O) groups excluding carboxylic acids is 1. The molecule has 1 aromatic carbocycles. The lowest BCUT2D eigenvalue weighted by molar-refractivity contribution is -0.115. The predicted molar refractivity (Wildman–Crippen MR) is 98.2 cm³/mol. The van der Waals surface area contributed by atoms with Crippen LogP contribution < -0.4 is 14.8 Å². The van der Waals surface area contributed by atoms with Gasteiger partial charge >= 0.3 is 0 Å². The van der Waals surface area contributed by atoms with Crippen LogP contribution >= 0.6 is 0 Å². The Kier molecular flexibility index (Phi) is 4.59. The highest BCUT2D eigenvalue weighted by atomic mass is 32.2. The van der Waals surface area contributed by atoms with Gasteiger partial charge < -0.3 is 14.8 Å². The molecule has 2 aliphatic carbocycles. The van der Waals surface area contributed by atoms with E-state index in [9.17, 15) is 13.2 Å². The van der Waals surface area contributed by atoms with E-state index in [0.717, 1.165) is 51.4 Å². The van der Waals surface area contributed by atoms with Crippen LogP contribution in [0.15, 0.2) is 18.2 Å². The fraction of sp³-hybridized carbons (Fsp3) is 0.632. The average Bonchev–Trinajstić information content (AvgIpc) is 3.34. The molecule has 1 heterocycles. The molecule has 1 aliphatic heterocycles. The quantitative estimate of drug-likeness (QED) is 0.848. The van der Waals surface area contributed by atoms with Crippen LogP contribution in [0.1, 0.15) is 57.8 Å². The molecule has 6 nitrogen and oxygen atoms in total. The van der Waals surface area contributed by atoms with Crippen LogP contribution in [0.25, 0.3) is 0 Å². The van der Waals surface area contributed by atoms with E-state index in [1.807, 2.05) is 0 Å². The Morgan fingerprint density at radius 3 is 2.50 bits per heavy atom. The highest BCUT2D eigenvalue weighted by Gasteiger charge is 2.44. The Bertz CT molecular complexity index is 792. The van der Waals surface area contributed by atoms with Crippen LogP contribution in [-0.2, 0) is 14.6 Å². The van der Waals surface area contributed by atoms with Gasteiger partial charge in [0.25, 0.3) is 5.79 Å². The molecule has 3 aliphatic rings. The summed E-state index contributed by atoms with van der Waals surface area (Å²) in [5.74, 6) is 0.440. The summed E-state index contributed by atoms with van der Waals surface area (Å²) in [5, 5.41) is 2.51. The van der Waals surface area contributed by atoms with Crippen LogP contribution in [0.2, 0.25) is 0 Å².